The summed E-state index contributed by atoms with van der Waals surface area (Å²) in [6.45, 7) is 10.4. The average Bonchev–Trinajstić information content (AvgIpc) is 2.33. The molecule has 0 aromatic rings. The molecule has 0 aliphatic rings. The maximum absolute atomic E-state index is 9.90. The van der Waals surface area contributed by atoms with Crippen LogP contribution < -0.4 is 5.32 Å². The number of rotatable bonds is 11. The van der Waals surface area contributed by atoms with Crippen molar-refractivity contribution in [2.45, 2.75) is 45.8 Å². The summed E-state index contributed by atoms with van der Waals surface area (Å²) in [6, 6.07) is 0. The number of likely N-dealkylation sites (N-methyl/N-ethyl adjacent to an activating group) is 2. The Kier molecular flexibility index (Phi) is 10.9. The highest BCUT2D eigenvalue weighted by Crippen LogP contribution is 2.00. The minimum atomic E-state index is -0.382. The highest BCUT2D eigenvalue weighted by atomic mass is 16.5. The molecule has 0 radical (unpaired) electrons. The molecule has 17 heavy (non-hydrogen) atoms. The predicted octanol–water partition coefficient (Wildman–Crippen LogP) is 1.09. The second-order valence-corrected chi connectivity index (χ2v) is 4.47. The van der Waals surface area contributed by atoms with E-state index in [2.05, 4.69) is 31.0 Å². The fraction of sp³-hybridized carbons (Fsp3) is 1.00. The van der Waals surface area contributed by atoms with Gasteiger partial charge in [0.1, 0.15) is 0 Å². The fourth-order valence-electron chi connectivity index (χ4n) is 1.84. The summed E-state index contributed by atoms with van der Waals surface area (Å²) in [7, 11) is 1.92. The van der Waals surface area contributed by atoms with E-state index in [1.54, 1.807) is 0 Å². The molecule has 0 amide bonds. The van der Waals surface area contributed by atoms with Crippen molar-refractivity contribution in [1.82, 2.24) is 10.2 Å². The first-order valence-corrected chi connectivity index (χ1v) is 6.84. The van der Waals surface area contributed by atoms with Crippen molar-refractivity contribution in [2.24, 2.45) is 0 Å². The van der Waals surface area contributed by atoms with Crippen LogP contribution in [0.25, 0.3) is 0 Å². The number of aliphatic hydroxyl groups excluding tert-OH is 1. The van der Waals surface area contributed by atoms with Crippen LogP contribution in [0.1, 0.15) is 33.6 Å². The molecule has 0 aliphatic carbocycles. The van der Waals surface area contributed by atoms with Crippen molar-refractivity contribution in [3.05, 3.63) is 0 Å². The number of nitrogens with zero attached hydrogens (tertiary/aromatic N) is 1. The SMILES string of the molecule is CCCN(CC)CC(O)COC(CC)CNC. The van der Waals surface area contributed by atoms with Gasteiger partial charge in [0.2, 0.25) is 0 Å². The third-order valence-corrected chi connectivity index (χ3v) is 2.87. The molecule has 2 atom stereocenters. The summed E-state index contributed by atoms with van der Waals surface area (Å²) in [4.78, 5) is 2.26. The Morgan fingerprint density at radius 3 is 2.47 bits per heavy atom. The first kappa shape index (κ1) is 16.8. The smallest absolute Gasteiger partial charge is 0.0900 e. The summed E-state index contributed by atoms with van der Waals surface area (Å²) >= 11 is 0. The molecule has 0 bridgehead atoms. The van der Waals surface area contributed by atoms with Crippen molar-refractivity contribution in [2.75, 3.05) is 39.8 Å². The number of aliphatic hydroxyl groups is 1. The van der Waals surface area contributed by atoms with Gasteiger partial charge in [-0.2, -0.15) is 0 Å². The molecule has 0 aromatic carbocycles. The second kappa shape index (κ2) is 11.0. The van der Waals surface area contributed by atoms with Gasteiger partial charge in [0.05, 0.1) is 18.8 Å². The summed E-state index contributed by atoms with van der Waals surface area (Å²) in [5.41, 5.74) is 0. The summed E-state index contributed by atoms with van der Waals surface area (Å²) in [5, 5.41) is 13.0. The van der Waals surface area contributed by atoms with E-state index in [9.17, 15) is 5.11 Å². The Bertz CT molecular complexity index is 167. The minimum absolute atomic E-state index is 0.205. The topological polar surface area (TPSA) is 44.7 Å². The van der Waals surface area contributed by atoms with Crippen LogP contribution >= 0.6 is 0 Å². The van der Waals surface area contributed by atoms with Crippen LogP contribution in [0.3, 0.4) is 0 Å². The maximum atomic E-state index is 9.90. The lowest BCUT2D eigenvalue weighted by Gasteiger charge is -2.24. The van der Waals surface area contributed by atoms with E-state index in [0.29, 0.717) is 13.2 Å². The Morgan fingerprint density at radius 2 is 2.00 bits per heavy atom. The predicted molar refractivity (Wildman–Crippen MR) is 72.4 cm³/mol. The number of hydrogen-bond donors (Lipinski definition) is 2. The zero-order chi connectivity index (χ0) is 13.1. The van der Waals surface area contributed by atoms with E-state index < -0.39 is 0 Å². The van der Waals surface area contributed by atoms with E-state index in [4.69, 9.17) is 4.74 Å². The van der Waals surface area contributed by atoms with Crippen molar-refractivity contribution in [1.29, 1.82) is 0 Å². The molecule has 0 fully saturated rings. The number of hydrogen-bond acceptors (Lipinski definition) is 4. The molecule has 0 spiro atoms. The van der Waals surface area contributed by atoms with Crippen LogP contribution in [0.2, 0.25) is 0 Å². The van der Waals surface area contributed by atoms with Crippen LogP contribution in [-0.4, -0.2) is 62.0 Å². The lowest BCUT2D eigenvalue weighted by Crippen LogP contribution is -2.37. The number of ether oxygens (including phenoxy) is 1. The Balaban J connectivity index is 3.79. The summed E-state index contributed by atoms with van der Waals surface area (Å²) in [6.07, 6.45) is 1.92. The Morgan fingerprint density at radius 1 is 1.29 bits per heavy atom. The molecule has 2 N–H and O–H groups in total. The molecule has 0 aromatic heterocycles. The zero-order valence-corrected chi connectivity index (χ0v) is 11.9. The van der Waals surface area contributed by atoms with Gasteiger partial charge in [-0.15, -0.1) is 0 Å². The Labute approximate surface area is 106 Å². The normalized spacial score (nSPS) is 15.2. The number of nitrogens with one attached hydrogen (secondary N) is 1. The first-order valence-electron chi connectivity index (χ1n) is 6.84. The molecule has 0 saturated carbocycles. The molecular formula is C13H30N2O2. The zero-order valence-electron chi connectivity index (χ0n) is 11.9. The van der Waals surface area contributed by atoms with Gasteiger partial charge in [-0.25, -0.2) is 0 Å². The van der Waals surface area contributed by atoms with Gasteiger partial charge in [-0.3, -0.25) is 0 Å². The standard InChI is InChI=1S/C13H30N2O2/c1-5-8-15(7-3)10-12(16)11-17-13(6-2)9-14-4/h12-14,16H,5-11H2,1-4H3. The fourth-order valence-corrected chi connectivity index (χ4v) is 1.84. The lowest BCUT2D eigenvalue weighted by molar-refractivity contribution is -0.0206. The van der Waals surface area contributed by atoms with E-state index in [0.717, 1.165) is 32.5 Å². The third-order valence-electron chi connectivity index (χ3n) is 2.87. The average molecular weight is 246 g/mol. The molecule has 0 saturated heterocycles. The molecule has 0 aliphatic heterocycles. The van der Waals surface area contributed by atoms with Gasteiger partial charge >= 0.3 is 0 Å². The molecule has 104 valence electrons. The van der Waals surface area contributed by atoms with Gasteiger partial charge in [-0.1, -0.05) is 20.8 Å². The van der Waals surface area contributed by atoms with Crippen LogP contribution in [0.4, 0.5) is 0 Å². The first-order chi connectivity index (χ1) is 8.17. The van der Waals surface area contributed by atoms with Crippen LogP contribution in [0, 0.1) is 0 Å². The van der Waals surface area contributed by atoms with E-state index >= 15 is 0 Å². The monoisotopic (exact) mass is 246 g/mol. The quantitative estimate of drug-likeness (QED) is 0.573. The van der Waals surface area contributed by atoms with E-state index in [1.165, 1.54) is 0 Å². The highest BCUT2D eigenvalue weighted by Gasteiger charge is 2.12. The van der Waals surface area contributed by atoms with Crippen molar-refractivity contribution in [3.8, 4) is 0 Å². The van der Waals surface area contributed by atoms with Crippen molar-refractivity contribution >= 4 is 0 Å². The van der Waals surface area contributed by atoms with Crippen LogP contribution in [0.5, 0.6) is 0 Å². The van der Waals surface area contributed by atoms with Gasteiger partial charge in [0.15, 0.2) is 0 Å². The third kappa shape index (κ3) is 8.55. The molecule has 0 heterocycles. The summed E-state index contributed by atoms with van der Waals surface area (Å²) < 4.78 is 5.68. The molecular weight excluding hydrogens is 216 g/mol. The van der Waals surface area contributed by atoms with E-state index in [1.807, 2.05) is 7.05 Å². The van der Waals surface area contributed by atoms with Crippen LogP contribution in [0.15, 0.2) is 0 Å². The van der Waals surface area contributed by atoms with Gasteiger partial charge in [-0.05, 0) is 33.0 Å². The highest BCUT2D eigenvalue weighted by molar-refractivity contribution is 4.65. The van der Waals surface area contributed by atoms with Crippen LogP contribution in [-0.2, 0) is 4.74 Å². The minimum Gasteiger partial charge on any atom is -0.389 e. The molecule has 0 rings (SSSR count). The Hall–Kier alpha value is -0.160. The van der Waals surface area contributed by atoms with Gasteiger partial charge < -0.3 is 20.1 Å². The summed E-state index contributed by atoms with van der Waals surface area (Å²) in [5.74, 6) is 0. The lowest BCUT2D eigenvalue weighted by atomic mass is 10.2. The van der Waals surface area contributed by atoms with Crippen molar-refractivity contribution < 1.29 is 9.84 Å². The van der Waals surface area contributed by atoms with Gasteiger partial charge in [0.25, 0.3) is 0 Å². The van der Waals surface area contributed by atoms with Crippen molar-refractivity contribution in [3.63, 3.8) is 0 Å². The maximum Gasteiger partial charge on any atom is 0.0900 e. The molecule has 4 heteroatoms. The molecule has 4 nitrogen and oxygen atoms in total. The van der Waals surface area contributed by atoms with Gasteiger partial charge in [0, 0.05) is 13.1 Å². The largest absolute Gasteiger partial charge is 0.389 e. The van der Waals surface area contributed by atoms with E-state index in [-0.39, 0.29) is 12.2 Å². The second-order valence-electron chi connectivity index (χ2n) is 4.47. The molecule has 2 unspecified atom stereocenters.